The number of benzene rings is 2. The van der Waals surface area contributed by atoms with E-state index >= 15 is 0 Å². The van der Waals surface area contributed by atoms with Gasteiger partial charge in [-0.3, -0.25) is 4.79 Å². The molecule has 2 aromatic carbocycles. The fraction of sp³-hybridized carbons (Fsp3) is 0.409. The van der Waals surface area contributed by atoms with Crippen LogP contribution in [0.2, 0.25) is 5.02 Å². The molecule has 0 spiro atoms. The lowest BCUT2D eigenvalue weighted by molar-refractivity contribution is 0.102. The minimum Gasteiger partial charge on any atom is -0.378 e. The maximum atomic E-state index is 13.1. The molecule has 0 aromatic heterocycles. The Balaban J connectivity index is 1.59. The van der Waals surface area contributed by atoms with Gasteiger partial charge in [0.15, 0.2) is 0 Å². The number of hydrogen-bond acceptors (Lipinski definition) is 5. The number of anilines is 2. The van der Waals surface area contributed by atoms with Crippen molar-refractivity contribution in [1.82, 2.24) is 4.31 Å². The Morgan fingerprint density at radius 2 is 1.68 bits per heavy atom. The van der Waals surface area contributed by atoms with Crippen molar-refractivity contribution in [3.05, 3.63) is 53.1 Å². The third kappa shape index (κ3) is 4.87. The Kier molecular flexibility index (Phi) is 6.81. The Bertz CT molecular complexity index is 1050. The second-order valence-corrected chi connectivity index (χ2v) is 10.0. The molecule has 7 nitrogen and oxygen atoms in total. The van der Waals surface area contributed by atoms with E-state index in [1.807, 2.05) is 24.3 Å². The van der Waals surface area contributed by atoms with Crippen LogP contribution >= 0.6 is 11.6 Å². The van der Waals surface area contributed by atoms with Crippen molar-refractivity contribution in [3.8, 4) is 0 Å². The molecule has 0 bridgehead atoms. The van der Waals surface area contributed by atoms with Gasteiger partial charge in [-0.2, -0.15) is 4.31 Å². The van der Waals surface area contributed by atoms with E-state index < -0.39 is 15.9 Å². The molecule has 31 heavy (non-hydrogen) atoms. The third-order valence-electron chi connectivity index (χ3n) is 5.64. The number of nitrogens with zero attached hydrogens (tertiary/aromatic N) is 2. The summed E-state index contributed by atoms with van der Waals surface area (Å²) < 4.78 is 32.9. The molecule has 2 aromatic rings. The number of sulfonamides is 1. The molecule has 1 amide bonds. The molecular formula is C22H26ClN3O4S. The normalized spacial score (nSPS) is 18.0. The SMILES string of the molecule is O=C(Nc1ccccc1N1CCOCC1)c1cc(S(=O)(=O)N2CCCCC2)ccc1Cl. The molecule has 2 heterocycles. The molecule has 9 heteroatoms. The summed E-state index contributed by atoms with van der Waals surface area (Å²) >= 11 is 6.29. The van der Waals surface area contributed by atoms with Gasteiger partial charge < -0.3 is 15.0 Å². The van der Waals surface area contributed by atoms with Crippen LogP contribution < -0.4 is 10.2 Å². The van der Waals surface area contributed by atoms with E-state index in [2.05, 4.69) is 10.2 Å². The lowest BCUT2D eigenvalue weighted by Gasteiger charge is -2.30. The summed E-state index contributed by atoms with van der Waals surface area (Å²) in [7, 11) is -3.66. The van der Waals surface area contributed by atoms with Gasteiger partial charge in [-0.15, -0.1) is 0 Å². The summed E-state index contributed by atoms with van der Waals surface area (Å²) in [5.41, 5.74) is 1.68. The molecule has 1 N–H and O–H groups in total. The number of ether oxygens (including phenoxy) is 1. The fourth-order valence-corrected chi connectivity index (χ4v) is 5.69. The van der Waals surface area contributed by atoms with Crippen LogP contribution in [-0.2, 0) is 14.8 Å². The number of morpholine rings is 1. The largest absolute Gasteiger partial charge is 0.378 e. The number of hydrogen-bond donors (Lipinski definition) is 1. The van der Waals surface area contributed by atoms with Crippen molar-refractivity contribution in [3.63, 3.8) is 0 Å². The van der Waals surface area contributed by atoms with E-state index in [4.69, 9.17) is 16.3 Å². The van der Waals surface area contributed by atoms with Gasteiger partial charge in [-0.25, -0.2) is 8.42 Å². The van der Waals surface area contributed by atoms with Crippen molar-refractivity contribution in [2.75, 3.05) is 49.6 Å². The van der Waals surface area contributed by atoms with Crippen LogP contribution in [0, 0.1) is 0 Å². The highest BCUT2D eigenvalue weighted by Crippen LogP contribution is 2.29. The Morgan fingerprint density at radius 3 is 2.42 bits per heavy atom. The van der Waals surface area contributed by atoms with Crippen LogP contribution in [0.1, 0.15) is 29.6 Å². The summed E-state index contributed by atoms with van der Waals surface area (Å²) in [4.78, 5) is 15.3. The van der Waals surface area contributed by atoms with Gasteiger partial charge in [0.05, 0.1) is 40.1 Å². The van der Waals surface area contributed by atoms with Gasteiger partial charge in [0, 0.05) is 26.2 Å². The predicted molar refractivity (Wildman–Crippen MR) is 121 cm³/mol. The highest BCUT2D eigenvalue weighted by Gasteiger charge is 2.27. The fourth-order valence-electron chi connectivity index (χ4n) is 3.94. The number of rotatable bonds is 5. The summed E-state index contributed by atoms with van der Waals surface area (Å²) in [6.45, 7) is 3.72. The molecular weight excluding hydrogens is 438 g/mol. The van der Waals surface area contributed by atoms with E-state index in [0.29, 0.717) is 32.0 Å². The average molecular weight is 464 g/mol. The van der Waals surface area contributed by atoms with Crippen LogP contribution in [0.3, 0.4) is 0 Å². The van der Waals surface area contributed by atoms with E-state index in [9.17, 15) is 13.2 Å². The predicted octanol–water partition coefficient (Wildman–Crippen LogP) is 3.60. The van der Waals surface area contributed by atoms with Gasteiger partial charge in [0.2, 0.25) is 10.0 Å². The zero-order valence-corrected chi connectivity index (χ0v) is 18.8. The molecule has 0 atom stereocenters. The number of halogens is 1. The first-order valence-corrected chi connectivity index (χ1v) is 12.3. The molecule has 166 valence electrons. The van der Waals surface area contributed by atoms with E-state index in [1.165, 1.54) is 22.5 Å². The number of piperidine rings is 1. The molecule has 2 aliphatic heterocycles. The number of carbonyl (C=O) groups excluding carboxylic acids is 1. The third-order valence-corrected chi connectivity index (χ3v) is 7.86. The van der Waals surface area contributed by atoms with Crippen molar-refractivity contribution in [2.24, 2.45) is 0 Å². The van der Waals surface area contributed by atoms with E-state index in [-0.39, 0.29) is 15.5 Å². The van der Waals surface area contributed by atoms with Crippen molar-refractivity contribution < 1.29 is 17.9 Å². The van der Waals surface area contributed by atoms with Crippen LogP contribution in [0.4, 0.5) is 11.4 Å². The van der Waals surface area contributed by atoms with Crippen LogP contribution in [-0.4, -0.2) is 58.0 Å². The number of amides is 1. The number of nitrogens with one attached hydrogen (secondary N) is 1. The highest BCUT2D eigenvalue weighted by atomic mass is 35.5. The van der Waals surface area contributed by atoms with Gasteiger partial charge in [0.25, 0.3) is 5.91 Å². The van der Waals surface area contributed by atoms with Crippen molar-refractivity contribution >= 4 is 38.9 Å². The molecule has 2 fully saturated rings. The summed E-state index contributed by atoms with van der Waals surface area (Å²) in [6, 6.07) is 11.8. The van der Waals surface area contributed by atoms with Crippen LogP contribution in [0.5, 0.6) is 0 Å². The first kappa shape index (κ1) is 22.1. The number of carbonyl (C=O) groups is 1. The summed E-state index contributed by atoms with van der Waals surface area (Å²) in [5.74, 6) is -0.443. The smallest absolute Gasteiger partial charge is 0.257 e. The lowest BCUT2D eigenvalue weighted by atomic mass is 10.2. The van der Waals surface area contributed by atoms with Gasteiger partial charge in [-0.1, -0.05) is 30.2 Å². The second kappa shape index (κ2) is 9.56. The zero-order chi connectivity index (χ0) is 21.8. The standard InChI is InChI=1S/C22H26ClN3O4S/c23-19-9-8-17(31(28,29)26-10-4-1-5-11-26)16-18(19)22(27)24-20-6-2-3-7-21(20)25-12-14-30-15-13-25/h2-3,6-9,16H,1,4-5,10-15H2,(H,24,27). The van der Waals surface area contributed by atoms with Gasteiger partial charge in [-0.05, 0) is 43.2 Å². The molecule has 2 aliphatic rings. The molecule has 0 radical (unpaired) electrons. The number of para-hydroxylation sites is 2. The van der Waals surface area contributed by atoms with Gasteiger partial charge >= 0.3 is 0 Å². The molecule has 2 saturated heterocycles. The van der Waals surface area contributed by atoms with Crippen molar-refractivity contribution in [1.29, 1.82) is 0 Å². The summed E-state index contributed by atoms with van der Waals surface area (Å²) in [6.07, 6.45) is 2.72. The molecule has 0 aliphatic carbocycles. The maximum Gasteiger partial charge on any atom is 0.257 e. The Labute approximate surface area is 188 Å². The minimum atomic E-state index is -3.66. The quantitative estimate of drug-likeness (QED) is 0.732. The first-order chi connectivity index (χ1) is 15.0. The van der Waals surface area contributed by atoms with Crippen molar-refractivity contribution in [2.45, 2.75) is 24.2 Å². The van der Waals surface area contributed by atoms with Crippen LogP contribution in [0.15, 0.2) is 47.4 Å². The first-order valence-electron chi connectivity index (χ1n) is 10.5. The van der Waals surface area contributed by atoms with E-state index in [0.717, 1.165) is 38.0 Å². The van der Waals surface area contributed by atoms with Gasteiger partial charge in [0.1, 0.15) is 0 Å². The molecule has 0 unspecified atom stereocenters. The summed E-state index contributed by atoms with van der Waals surface area (Å²) in [5, 5.41) is 3.12. The lowest BCUT2D eigenvalue weighted by Crippen LogP contribution is -2.36. The Morgan fingerprint density at radius 1 is 0.968 bits per heavy atom. The molecule has 4 rings (SSSR count). The van der Waals surface area contributed by atoms with Crippen LogP contribution in [0.25, 0.3) is 0 Å². The minimum absolute atomic E-state index is 0.0883. The maximum absolute atomic E-state index is 13.1. The van der Waals surface area contributed by atoms with E-state index in [1.54, 1.807) is 0 Å². The molecule has 0 saturated carbocycles. The average Bonchev–Trinajstić information content (AvgIpc) is 2.80. The highest BCUT2D eigenvalue weighted by molar-refractivity contribution is 7.89. The zero-order valence-electron chi connectivity index (χ0n) is 17.2. The monoisotopic (exact) mass is 463 g/mol. The topological polar surface area (TPSA) is 79.0 Å². The Hall–Kier alpha value is -2.13. The second-order valence-electron chi connectivity index (χ2n) is 7.68.